The fraction of sp³-hybridized carbons (Fsp3) is 0.556. The van der Waals surface area contributed by atoms with Crippen LogP contribution in [0.5, 0.6) is 5.75 Å². The van der Waals surface area contributed by atoms with Gasteiger partial charge in [0.1, 0.15) is 12.4 Å². The topological polar surface area (TPSA) is 84.9 Å². The molecule has 6 nitrogen and oxygen atoms in total. The molecule has 2 unspecified atom stereocenters. The number of nitrogens with one attached hydrogen (secondary N) is 1. The van der Waals surface area contributed by atoms with E-state index >= 15 is 0 Å². The van der Waals surface area contributed by atoms with Gasteiger partial charge >= 0.3 is 5.97 Å². The van der Waals surface area contributed by atoms with Crippen molar-refractivity contribution in [3.05, 3.63) is 29.8 Å². The van der Waals surface area contributed by atoms with Crippen molar-refractivity contribution in [2.45, 2.75) is 38.1 Å². The van der Waals surface area contributed by atoms with Gasteiger partial charge in [-0.2, -0.15) is 0 Å². The maximum atomic E-state index is 12.5. The van der Waals surface area contributed by atoms with Gasteiger partial charge in [0.05, 0.1) is 18.1 Å². The molecule has 1 amide bonds. The Morgan fingerprint density at radius 3 is 2.58 bits per heavy atom. The van der Waals surface area contributed by atoms with Crippen molar-refractivity contribution in [2.24, 2.45) is 5.92 Å². The predicted octanol–water partition coefficient (Wildman–Crippen LogP) is 2.48. The van der Waals surface area contributed by atoms with Gasteiger partial charge in [0, 0.05) is 12.7 Å². The molecule has 1 aliphatic rings. The van der Waals surface area contributed by atoms with Crippen molar-refractivity contribution in [2.75, 3.05) is 20.3 Å². The van der Waals surface area contributed by atoms with Gasteiger partial charge in [0.2, 0.25) is 0 Å². The van der Waals surface area contributed by atoms with E-state index in [0.29, 0.717) is 37.4 Å². The molecule has 0 bridgehead atoms. The summed E-state index contributed by atoms with van der Waals surface area (Å²) in [6.45, 7) is 2.77. The Hall–Kier alpha value is -2.08. The lowest BCUT2D eigenvalue weighted by molar-refractivity contribution is -0.145. The Bertz CT molecular complexity index is 571. The maximum Gasteiger partial charge on any atom is 0.308 e. The molecule has 1 aliphatic carbocycles. The largest absolute Gasteiger partial charge is 0.491 e. The Morgan fingerprint density at radius 1 is 1.25 bits per heavy atom. The summed E-state index contributed by atoms with van der Waals surface area (Å²) in [5.41, 5.74) is -0.223. The number of methoxy groups -OCH3 is 1. The maximum absolute atomic E-state index is 12.5. The molecule has 1 saturated carbocycles. The van der Waals surface area contributed by atoms with E-state index < -0.39 is 17.4 Å². The highest BCUT2D eigenvalue weighted by Crippen LogP contribution is 2.34. The Kier molecular flexibility index (Phi) is 6.20. The Morgan fingerprint density at radius 2 is 1.96 bits per heavy atom. The van der Waals surface area contributed by atoms with Crippen molar-refractivity contribution in [3.63, 3.8) is 0 Å². The molecule has 1 fully saturated rings. The fourth-order valence-electron chi connectivity index (χ4n) is 3.16. The van der Waals surface area contributed by atoms with E-state index in [1.807, 2.05) is 6.92 Å². The third kappa shape index (κ3) is 4.47. The summed E-state index contributed by atoms with van der Waals surface area (Å²) in [6.07, 6.45) is 3.08. The number of amides is 1. The number of carbonyl (C=O) groups excluding carboxylic acids is 1. The molecule has 0 radical (unpaired) electrons. The Balaban J connectivity index is 2.01. The first-order chi connectivity index (χ1) is 11.5. The molecule has 2 N–H and O–H groups in total. The third-order valence-electron chi connectivity index (χ3n) is 4.58. The van der Waals surface area contributed by atoms with E-state index in [9.17, 15) is 14.7 Å². The zero-order chi connectivity index (χ0) is 17.6. The number of rotatable bonds is 7. The van der Waals surface area contributed by atoms with Crippen molar-refractivity contribution in [1.82, 2.24) is 5.32 Å². The highest BCUT2D eigenvalue weighted by molar-refractivity contribution is 5.95. The first-order valence-electron chi connectivity index (χ1n) is 8.23. The minimum atomic E-state index is -0.848. The third-order valence-corrected chi connectivity index (χ3v) is 4.58. The van der Waals surface area contributed by atoms with Crippen LogP contribution in [0.1, 0.15) is 43.0 Å². The lowest BCUT2D eigenvalue weighted by Gasteiger charge is -2.39. The number of hydrogen-bond acceptors (Lipinski definition) is 4. The number of aliphatic carboxylic acids is 1. The van der Waals surface area contributed by atoms with Crippen LogP contribution in [-0.2, 0) is 9.53 Å². The summed E-state index contributed by atoms with van der Waals surface area (Å²) >= 11 is 0. The van der Waals surface area contributed by atoms with Crippen molar-refractivity contribution >= 4 is 11.9 Å². The zero-order valence-corrected chi connectivity index (χ0v) is 14.2. The van der Waals surface area contributed by atoms with Crippen LogP contribution in [-0.4, -0.2) is 42.8 Å². The van der Waals surface area contributed by atoms with Crippen LogP contribution in [0, 0.1) is 5.92 Å². The van der Waals surface area contributed by atoms with Gasteiger partial charge in [-0.3, -0.25) is 9.59 Å². The Labute approximate surface area is 142 Å². The molecule has 0 spiro atoms. The minimum absolute atomic E-state index is 0.255. The first kappa shape index (κ1) is 18.3. The van der Waals surface area contributed by atoms with E-state index in [1.54, 1.807) is 31.4 Å². The smallest absolute Gasteiger partial charge is 0.308 e. The van der Waals surface area contributed by atoms with Crippen LogP contribution in [0.15, 0.2) is 24.3 Å². The second kappa shape index (κ2) is 8.15. The molecule has 0 aliphatic heterocycles. The average Bonchev–Trinajstić information content (AvgIpc) is 2.55. The number of carboxylic acid groups (broad SMARTS) is 1. The first-order valence-corrected chi connectivity index (χ1v) is 8.23. The van der Waals surface area contributed by atoms with E-state index in [0.717, 1.165) is 12.8 Å². The second-order valence-corrected chi connectivity index (χ2v) is 6.37. The van der Waals surface area contributed by atoms with Gasteiger partial charge in [0.15, 0.2) is 0 Å². The van der Waals surface area contributed by atoms with Crippen LogP contribution < -0.4 is 10.1 Å². The van der Waals surface area contributed by atoms with Crippen LogP contribution in [0.3, 0.4) is 0 Å². The molecule has 2 atom stereocenters. The molecular weight excluding hydrogens is 310 g/mol. The highest BCUT2D eigenvalue weighted by Gasteiger charge is 2.42. The monoisotopic (exact) mass is 335 g/mol. The number of benzene rings is 1. The van der Waals surface area contributed by atoms with E-state index in [4.69, 9.17) is 9.47 Å². The number of carboxylic acids is 1. The van der Waals surface area contributed by atoms with Crippen molar-refractivity contribution in [3.8, 4) is 5.75 Å². The molecule has 6 heteroatoms. The van der Waals surface area contributed by atoms with Crippen molar-refractivity contribution in [1.29, 1.82) is 0 Å². The average molecular weight is 335 g/mol. The van der Waals surface area contributed by atoms with Crippen LogP contribution in [0.2, 0.25) is 0 Å². The van der Waals surface area contributed by atoms with Crippen molar-refractivity contribution < 1.29 is 24.2 Å². The normalized spacial score (nSPS) is 23.5. The molecule has 0 aromatic heterocycles. The number of ether oxygens (including phenoxy) is 2. The van der Waals surface area contributed by atoms with Gasteiger partial charge in [0.25, 0.3) is 5.91 Å². The summed E-state index contributed by atoms with van der Waals surface area (Å²) < 4.78 is 10.4. The summed E-state index contributed by atoms with van der Waals surface area (Å²) in [4.78, 5) is 24.0. The van der Waals surface area contributed by atoms with E-state index in [2.05, 4.69) is 5.32 Å². The van der Waals surface area contributed by atoms with Crippen LogP contribution in [0.25, 0.3) is 0 Å². The highest BCUT2D eigenvalue weighted by atomic mass is 16.5. The van der Waals surface area contributed by atoms with E-state index in [1.165, 1.54) is 0 Å². The molecule has 1 aromatic carbocycles. The SMILES string of the molecule is COCCOc1ccc(C(=O)NC2(C)CCCCC2C(=O)O)cc1. The molecule has 0 saturated heterocycles. The zero-order valence-electron chi connectivity index (χ0n) is 14.2. The summed E-state index contributed by atoms with van der Waals surface area (Å²) in [6, 6.07) is 6.81. The van der Waals surface area contributed by atoms with E-state index in [-0.39, 0.29) is 5.91 Å². The van der Waals surface area contributed by atoms with Gasteiger partial charge in [-0.25, -0.2) is 0 Å². The minimum Gasteiger partial charge on any atom is -0.491 e. The van der Waals surface area contributed by atoms with Gasteiger partial charge in [-0.1, -0.05) is 12.8 Å². The molecule has 24 heavy (non-hydrogen) atoms. The lowest BCUT2D eigenvalue weighted by atomic mass is 9.73. The molecule has 132 valence electrons. The molecule has 2 rings (SSSR count). The van der Waals surface area contributed by atoms with Crippen LogP contribution in [0.4, 0.5) is 0 Å². The molecule has 1 aromatic rings. The van der Waals surface area contributed by atoms with Gasteiger partial charge in [-0.05, 0) is 44.0 Å². The standard InChI is InChI=1S/C18H25NO5/c1-18(10-4-3-5-15(18)17(21)22)19-16(20)13-6-8-14(9-7-13)24-12-11-23-2/h6-9,15H,3-5,10-12H2,1-2H3,(H,19,20)(H,21,22). The lowest BCUT2D eigenvalue weighted by Crippen LogP contribution is -2.55. The summed E-state index contributed by atoms with van der Waals surface area (Å²) in [5, 5.41) is 12.4. The van der Waals surface area contributed by atoms with Gasteiger partial charge < -0.3 is 19.9 Å². The number of carbonyl (C=O) groups is 2. The van der Waals surface area contributed by atoms with Gasteiger partial charge in [-0.15, -0.1) is 0 Å². The summed E-state index contributed by atoms with van der Waals surface area (Å²) in [7, 11) is 1.60. The fourth-order valence-corrected chi connectivity index (χ4v) is 3.16. The number of hydrogen-bond donors (Lipinski definition) is 2. The second-order valence-electron chi connectivity index (χ2n) is 6.37. The van der Waals surface area contributed by atoms with Crippen LogP contribution >= 0.6 is 0 Å². The molecule has 0 heterocycles. The quantitative estimate of drug-likeness (QED) is 0.748. The molecular formula is C18H25NO5. The predicted molar refractivity (Wildman–Crippen MR) is 89.3 cm³/mol. The summed E-state index contributed by atoms with van der Waals surface area (Å²) in [5.74, 6) is -0.990.